The van der Waals surface area contributed by atoms with Gasteiger partial charge in [-0.15, -0.1) is 10.2 Å². The monoisotopic (exact) mass is 489 g/mol. The quantitative estimate of drug-likeness (QED) is 0.108. The molecule has 0 saturated heterocycles. The van der Waals surface area contributed by atoms with Crippen molar-refractivity contribution in [1.29, 1.82) is 0 Å². The molecule has 0 aliphatic rings. The molecule has 0 amide bonds. The molecular formula is C25H23N5O4S. The topological polar surface area (TPSA) is 110 Å². The predicted molar refractivity (Wildman–Crippen MR) is 136 cm³/mol. The van der Waals surface area contributed by atoms with E-state index in [-0.39, 0.29) is 18.1 Å². The highest BCUT2D eigenvalue weighted by molar-refractivity contribution is 7.11. The fraction of sp³-hybridized carbons (Fsp3) is 0.200. The molecule has 0 N–H and O–H groups in total. The summed E-state index contributed by atoms with van der Waals surface area (Å²) >= 11 is 1.14. The van der Waals surface area contributed by atoms with Crippen molar-refractivity contribution in [2.75, 3.05) is 18.1 Å². The lowest BCUT2D eigenvalue weighted by Crippen LogP contribution is -2.26. The van der Waals surface area contributed by atoms with Crippen LogP contribution in [0.3, 0.4) is 0 Å². The van der Waals surface area contributed by atoms with Gasteiger partial charge in [-0.1, -0.05) is 30.3 Å². The van der Waals surface area contributed by atoms with Crippen molar-refractivity contribution in [2.24, 2.45) is 10.2 Å². The first kappa shape index (κ1) is 24.0. The largest absolute Gasteiger partial charge is 0.466 e. The van der Waals surface area contributed by atoms with Crippen LogP contribution in [0, 0.1) is 10.1 Å². The van der Waals surface area contributed by atoms with E-state index in [9.17, 15) is 14.9 Å². The number of nitro benzene ring substituents is 1. The zero-order chi connectivity index (χ0) is 24.6. The highest BCUT2D eigenvalue weighted by Crippen LogP contribution is 2.34. The summed E-state index contributed by atoms with van der Waals surface area (Å²) in [5.74, 6) is -0.229. The Kier molecular flexibility index (Phi) is 7.74. The molecule has 0 unspecified atom stereocenters. The maximum atomic E-state index is 11.9. The van der Waals surface area contributed by atoms with Crippen molar-refractivity contribution < 1.29 is 14.5 Å². The lowest BCUT2D eigenvalue weighted by Gasteiger charge is -2.25. The lowest BCUT2D eigenvalue weighted by molar-refractivity contribution is -0.384. The van der Waals surface area contributed by atoms with E-state index >= 15 is 0 Å². The molecule has 178 valence electrons. The minimum absolute atomic E-state index is 0.0140. The van der Waals surface area contributed by atoms with Gasteiger partial charge >= 0.3 is 5.97 Å². The number of azo groups is 1. The second-order valence-corrected chi connectivity index (χ2v) is 8.38. The van der Waals surface area contributed by atoms with Crippen molar-refractivity contribution in [3.63, 3.8) is 0 Å². The molecule has 1 aromatic heterocycles. The van der Waals surface area contributed by atoms with E-state index < -0.39 is 4.92 Å². The maximum Gasteiger partial charge on any atom is 0.307 e. The molecule has 0 fully saturated rings. The summed E-state index contributed by atoms with van der Waals surface area (Å²) in [6, 6.07) is 22.1. The van der Waals surface area contributed by atoms with Gasteiger partial charge in [-0.05, 0) is 54.4 Å². The van der Waals surface area contributed by atoms with Gasteiger partial charge in [-0.2, -0.15) is 4.37 Å². The van der Waals surface area contributed by atoms with Crippen LogP contribution >= 0.6 is 11.5 Å². The Labute approximate surface area is 206 Å². The van der Waals surface area contributed by atoms with E-state index in [1.165, 1.54) is 12.1 Å². The van der Waals surface area contributed by atoms with Gasteiger partial charge in [-0.25, -0.2) is 0 Å². The summed E-state index contributed by atoms with van der Waals surface area (Å²) in [5.41, 5.74) is 3.33. The van der Waals surface area contributed by atoms with Crippen LogP contribution in [0.2, 0.25) is 0 Å². The Hall–Kier alpha value is -4.18. The first-order valence-corrected chi connectivity index (χ1v) is 11.8. The third-order valence-electron chi connectivity index (χ3n) is 5.23. The molecule has 3 aromatic carbocycles. The van der Waals surface area contributed by atoms with Gasteiger partial charge < -0.3 is 9.64 Å². The van der Waals surface area contributed by atoms with Crippen molar-refractivity contribution in [2.45, 2.75) is 19.9 Å². The smallest absolute Gasteiger partial charge is 0.307 e. The molecule has 4 rings (SSSR count). The third-order valence-corrected chi connectivity index (χ3v) is 5.99. The highest BCUT2D eigenvalue weighted by atomic mass is 32.1. The number of non-ortho nitro benzene ring substituents is 1. The van der Waals surface area contributed by atoms with Gasteiger partial charge in [0.15, 0.2) is 5.00 Å². The van der Waals surface area contributed by atoms with E-state index in [0.717, 1.165) is 22.8 Å². The number of aromatic nitrogens is 1. The molecule has 35 heavy (non-hydrogen) atoms. The predicted octanol–water partition coefficient (Wildman–Crippen LogP) is 6.58. The molecule has 0 radical (unpaired) electrons. The number of ether oxygens (including phenoxy) is 1. The average molecular weight is 490 g/mol. The number of hydrogen-bond acceptors (Lipinski definition) is 9. The third kappa shape index (κ3) is 6.24. The summed E-state index contributed by atoms with van der Waals surface area (Å²) in [4.78, 5) is 24.7. The number of anilines is 1. The zero-order valence-corrected chi connectivity index (χ0v) is 19.9. The normalized spacial score (nSPS) is 11.1. The van der Waals surface area contributed by atoms with Crippen molar-refractivity contribution in [3.8, 4) is 0 Å². The fourth-order valence-electron chi connectivity index (χ4n) is 3.50. The van der Waals surface area contributed by atoms with Gasteiger partial charge in [0.2, 0.25) is 0 Å². The Bertz CT molecular complexity index is 1340. The van der Waals surface area contributed by atoms with Crippen LogP contribution in [0.15, 0.2) is 83.0 Å². The summed E-state index contributed by atoms with van der Waals surface area (Å²) in [6.07, 6.45) is 0.284. The van der Waals surface area contributed by atoms with Gasteiger partial charge in [0.1, 0.15) is 0 Å². The van der Waals surface area contributed by atoms with E-state index in [2.05, 4.69) is 19.5 Å². The number of hydrogen-bond donors (Lipinski definition) is 0. The molecule has 0 aliphatic carbocycles. The molecule has 10 heteroatoms. The SMILES string of the molecule is CCOC(=O)CCN(Cc1ccccc1)c1ccc(N=Nc2snc3ccc([N+](=O)[O-])cc23)cc1. The summed E-state index contributed by atoms with van der Waals surface area (Å²) in [5, 5.41) is 20.7. The van der Waals surface area contributed by atoms with Crippen LogP contribution < -0.4 is 4.90 Å². The molecule has 0 atom stereocenters. The van der Waals surface area contributed by atoms with Crippen LogP contribution in [0.5, 0.6) is 0 Å². The van der Waals surface area contributed by atoms with Crippen LogP contribution in [-0.2, 0) is 16.1 Å². The molecule has 0 saturated carbocycles. The second-order valence-electron chi connectivity index (χ2n) is 7.62. The Morgan fingerprint density at radius 3 is 2.57 bits per heavy atom. The standard InChI is InChI=1S/C25H23N5O4S/c1-2-34-24(31)14-15-29(17-18-6-4-3-5-7-18)20-10-8-19(9-11-20)26-27-25-22-16-21(30(32)33)12-13-23(22)28-35-25/h3-13,16H,2,14-15,17H2,1H3. The van der Waals surface area contributed by atoms with E-state index in [1.807, 2.05) is 54.6 Å². The molecule has 0 aliphatic heterocycles. The van der Waals surface area contributed by atoms with Gasteiger partial charge in [0, 0.05) is 36.3 Å². The van der Waals surface area contributed by atoms with E-state index in [0.29, 0.717) is 41.3 Å². The molecular weight excluding hydrogens is 466 g/mol. The van der Waals surface area contributed by atoms with Crippen molar-refractivity contribution in [1.82, 2.24) is 4.37 Å². The van der Waals surface area contributed by atoms with Gasteiger partial charge in [-0.3, -0.25) is 14.9 Å². The average Bonchev–Trinajstić information content (AvgIpc) is 3.28. The number of nitro groups is 1. The lowest BCUT2D eigenvalue weighted by atomic mass is 10.2. The highest BCUT2D eigenvalue weighted by Gasteiger charge is 2.13. The summed E-state index contributed by atoms with van der Waals surface area (Å²) in [7, 11) is 0. The number of carbonyl (C=O) groups excluding carboxylic acids is 1. The maximum absolute atomic E-state index is 11.9. The van der Waals surface area contributed by atoms with E-state index in [1.54, 1.807) is 13.0 Å². The Morgan fingerprint density at radius 1 is 1.09 bits per heavy atom. The Morgan fingerprint density at radius 2 is 1.86 bits per heavy atom. The first-order valence-electron chi connectivity index (χ1n) is 11.0. The van der Waals surface area contributed by atoms with Gasteiger partial charge in [0.25, 0.3) is 5.69 Å². The van der Waals surface area contributed by atoms with Crippen LogP contribution in [0.1, 0.15) is 18.9 Å². The van der Waals surface area contributed by atoms with Crippen LogP contribution in [0.4, 0.5) is 22.1 Å². The Balaban J connectivity index is 1.51. The number of rotatable bonds is 10. The van der Waals surface area contributed by atoms with Crippen molar-refractivity contribution >= 4 is 50.5 Å². The van der Waals surface area contributed by atoms with E-state index in [4.69, 9.17) is 4.74 Å². The molecule has 0 spiro atoms. The number of esters is 1. The van der Waals surface area contributed by atoms with Crippen LogP contribution in [0.25, 0.3) is 10.9 Å². The fourth-order valence-corrected chi connectivity index (χ4v) is 4.18. The summed E-state index contributed by atoms with van der Waals surface area (Å²) in [6.45, 7) is 3.32. The minimum Gasteiger partial charge on any atom is -0.466 e. The molecule has 0 bridgehead atoms. The van der Waals surface area contributed by atoms with Crippen LogP contribution in [-0.4, -0.2) is 28.4 Å². The van der Waals surface area contributed by atoms with Gasteiger partial charge in [0.05, 0.1) is 29.2 Å². The molecule has 4 aromatic rings. The summed E-state index contributed by atoms with van der Waals surface area (Å²) < 4.78 is 9.36. The second kappa shape index (κ2) is 11.3. The molecule has 9 nitrogen and oxygen atoms in total. The number of nitrogens with zero attached hydrogens (tertiary/aromatic N) is 5. The zero-order valence-electron chi connectivity index (χ0n) is 19.0. The number of carbonyl (C=O) groups is 1. The molecule has 1 heterocycles. The number of benzene rings is 3. The minimum atomic E-state index is -0.445. The first-order chi connectivity index (χ1) is 17.0. The van der Waals surface area contributed by atoms with Crippen molar-refractivity contribution in [3.05, 3.63) is 88.5 Å². The number of fused-ring (bicyclic) bond motifs is 1.